The molecule has 0 unspecified atom stereocenters. The van der Waals surface area contributed by atoms with Crippen molar-refractivity contribution in [3.8, 4) is 17.6 Å². The molecule has 34 heavy (non-hydrogen) atoms. The van der Waals surface area contributed by atoms with Crippen molar-refractivity contribution in [2.45, 2.75) is 0 Å². The molecular formula is C15BF12N3O3. The fraction of sp³-hybridized carbons (Fsp3) is 0. The van der Waals surface area contributed by atoms with Crippen molar-refractivity contribution in [3.63, 3.8) is 0 Å². The normalized spacial score (nSPS) is 10.9. The van der Waals surface area contributed by atoms with Crippen LogP contribution in [0.1, 0.15) is 0 Å². The van der Waals surface area contributed by atoms with Gasteiger partial charge in [-0.2, -0.15) is 54.5 Å². The summed E-state index contributed by atoms with van der Waals surface area (Å²) < 4.78 is 173. The lowest BCUT2D eigenvalue weighted by Gasteiger charge is -2.16. The molecule has 3 aromatic heterocycles. The lowest BCUT2D eigenvalue weighted by Crippen LogP contribution is -2.39. The maximum absolute atomic E-state index is 13.8. The molecular weight excluding hydrogens is 509 g/mol. The standard InChI is InChI=1S/C15BF12N3O3/c17-1-4(20)10(26)29-13(7(1)23)32-16(33-14-8(24)2(18)5(21)11(27)30-14)34-15-9(25)3(19)6(22)12(28)31-15. The van der Waals surface area contributed by atoms with E-state index in [2.05, 4.69) is 28.9 Å². The molecule has 0 fully saturated rings. The third-order valence-corrected chi connectivity index (χ3v) is 3.49. The van der Waals surface area contributed by atoms with Gasteiger partial charge < -0.3 is 14.0 Å². The Bertz CT molecular complexity index is 1140. The van der Waals surface area contributed by atoms with E-state index >= 15 is 0 Å². The van der Waals surface area contributed by atoms with E-state index in [-0.39, 0.29) is 0 Å². The van der Waals surface area contributed by atoms with E-state index in [4.69, 9.17) is 0 Å². The summed E-state index contributed by atoms with van der Waals surface area (Å²) in [5, 5.41) is 0. The smallest absolute Gasteiger partial charge is 0.472 e. The second-order valence-electron chi connectivity index (χ2n) is 5.59. The molecule has 0 atom stereocenters. The summed E-state index contributed by atoms with van der Waals surface area (Å²) in [4.78, 5) is 7.25. The van der Waals surface area contributed by atoms with Gasteiger partial charge in [-0.05, 0) is 0 Å². The van der Waals surface area contributed by atoms with Crippen LogP contribution in [-0.2, 0) is 0 Å². The first-order valence-electron chi connectivity index (χ1n) is 7.93. The van der Waals surface area contributed by atoms with Crippen LogP contribution in [0.5, 0.6) is 17.6 Å². The Labute approximate surface area is 177 Å². The van der Waals surface area contributed by atoms with Crippen LogP contribution >= 0.6 is 0 Å². The highest BCUT2D eigenvalue weighted by atomic mass is 19.2. The average Bonchev–Trinajstić information content (AvgIpc) is 2.80. The fourth-order valence-electron chi connectivity index (χ4n) is 1.98. The van der Waals surface area contributed by atoms with Crippen molar-refractivity contribution in [3.05, 3.63) is 70.2 Å². The highest BCUT2D eigenvalue weighted by Gasteiger charge is 2.39. The molecule has 0 N–H and O–H groups in total. The second-order valence-corrected chi connectivity index (χ2v) is 5.59. The van der Waals surface area contributed by atoms with Crippen LogP contribution in [0.3, 0.4) is 0 Å². The molecule has 0 aliphatic rings. The van der Waals surface area contributed by atoms with Crippen molar-refractivity contribution in [2.24, 2.45) is 0 Å². The number of aromatic nitrogens is 3. The molecule has 0 saturated carbocycles. The van der Waals surface area contributed by atoms with Gasteiger partial charge in [0.2, 0.25) is 70.0 Å². The third-order valence-electron chi connectivity index (χ3n) is 3.49. The summed E-state index contributed by atoms with van der Waals surface area (Å²) in [5.41, 5.74) is 0. The molecule has 180 valence electrons. The summed E-state index contributed by atoms with van der Waals surface area (Å²) in [6.45, 7) is 0. The number of halogens is 12. The largest absolute Gasteiger partial charge is 0.867 e. The van der Waals surface area contributed by atoms with Gasteiger partial charge in [-0.3, -0.25) is 0 Å². The van der Waals surface area contributed by atoms with Crippen molar-refractivity contribution < 1.29 is 66.6 Å². The molecule has 0 aliphatic carbocycles. The zero-order valence-electron chi connectivity index (χ0n) is 15.2. The first-order chi connectivity index (χ1) is 15.8. The molecule has 0 aromatic carbocycles. The van der Waals surface area contributed by atoms with Gasteiger partial charge in [-0.25, -0.2) is 13.2 Å². The van der Waals surface area contributed by atoms with Gasteiger partial charge in [0, 0.05) is 0 Å². The minimum atomic E-state index is -3.20. The summed E-state index contributed by atoms with van der Waals surface area (Å²) in [7, 11) is -3.20. The van der Waals surface area contributed by atoms with Crippen molar-refractivity contribution >= 4 is 7.32 Å². The van der Waals surface area contributed by atoms with Gasteiger partial charge in [0.1, 0.15) is 0 Å². The van der Waals surface area contributed by atoms with Crippen LogP contribution in [0.15, 0.2) is 0 Å². The maximum atomic E-state index is 13.8. The molecule has 3 heterocycles. The molecule has 0 spiro atoms. The van der Waals surface area contributed by atoms with Gasteiger partial charge in [-0.15, -0.1) is 0 Å². The van der Waals surface area contributed by atoms with E-state index in [1.165, 1.54) is 0 Å². The van der Waals surface area contributed by atoms with Gasteiger partial charge in [0.15, 0.2) is 0 Å². The summed E-state index contributed by atoms with van der Waals surface area (Å²) in [6, 6.07) is 0. The second kappa shape index (κ2) is 9.14. The number of nitrogens with zero attached hydrogens (tertiary/aromatic N) is 3. The SMILES string of the molecule is Fc1nc(OB(Oc2nc(F)c(F)c(F)c2F)Oc2nc(F)c(F)c(F)c2F)c(F)c(F)c1F. The van der Waals surface area contributed by atoms with E-state index < -0.39 is 95.2 Å². The van der Waals surface area contributed by atoms with Gasteiger partial charge in [0.25, 0.3) is 17.8 Å². The van der Waals surface area contributed by atoms with Crippen LogP contribution in [0.2, 0.25) is 0 Å². The van der Waals surface area contributed by atoms with Crippen LogP contribution in [-0.4, -0.2) is 22.3 Å². The molecule has 0 radical (unpaired) electrons. The topological polar surface area (TPSA) is 66.4 Å². The van der Waals surface area contributed by atoms with E-state index in [1.807, 2.05) is 0 Å². The molecule has 0 amide bonds. The highest BCUT2D eigenvalue weighted by Crippen LogP contribution is 2.27. The number of hydrogen-bond acceptors (Lipinski definition) is 6. The highest BCUT2D eigenvalue weighted by molar-refractivity contribution is 6.39. The molecule has 3 aromatic rings. The Morgan fingerprint density at radius 3 is 0.824 bits per heavy atom. The predicted octanol–water partition coefficient (Wildman–Crippen LogP) is 4.06. The Balaban J connectivity index is 2.08. The Kier molecular flexibility index (Phi) is 6.64. The van der Waals surface area contributed by atoms with Crippen LogP contribution in [0, 0.1) is 70.2 Å². The summed E-state index contributed by atoms with van der Waals surface area (Å²) >= 11 is 0. The molecule has 19 heteroatoms. The summed E-state index contributed by atoms with van der Waals surface area (Å²) in [6.07, 6.45) is 0. The van der Waals surface area contributed by atoms with Crippen molar-refractivity contribution in [1.82, 2.24) is 15.0 Å². The van der Waals surface area contributed by atoms with Crippen molar-refractivity contribution in [1.29, 1.82) is 0 Å². The lowest BCUT2D eigenvalue weighted by atomic mass is 10.2. The number of rotatable bonds is 6. The molecule has 3 rings (SSSR count). The van der Waals surface area contributed by atoms with Gasteiger partial charge in [-0.1, -0.05) is 0 Å². The van der Waals surface area contributed by atoms with E-state index in [0.29, 0.717) is 0 Å². The zero-order valence-corrected chi connectivity index (χ0v) is 15.2. The average molecular weight is 509 g/mol. The molecule has 0 aliphatic heterocycles. The fourth-order valence-corrected chi connectivity index (χ4v) is 1.98. The van der Waals surface area contributed by atoms with E-state index in [9.17, 15) is 52.7 Å². The number of pyridine rings is 3. The Morgan fingerprint density at radius 1 is 0.353 bits per heavy atom. The van der Waals surface area contributed by atoms with Crippen molar-refractivity contribution in [2.75, 3.05) is 0 Å². The molecule has 6 nitrogen and oxygen atoms in total. The minimum Gasteiger partial charge on any atom is -0.472 e. The Hall–Kier alpha value is -3.93. The predicted molar refractivity (Wildman–Crippen MR) is 79.8 cm³/mol. The first kappa shape index (κ1) is 24.7. The van der Waals surface area contributed by atoms with Crippen LogP contribution in [0.4, 0.5) is 52.7 Å². The van der Waals surface area contributed by atoms with Gasteiger partial charge >= 0.3 is 7.32 Å². The quantitative estimate of drug-likeness (QED) is 0.284. The summed E-state index contributed by atoms with van der Waals surface area (Å²) in [5.74, 6) is -35.3. The van der Waals surface area contributed by atoms with Crippen LogP contribution < -0.4 is 14.0 Å². The third kappa shape index (κ3) is 4.44. The van der Waals surface area contributed by atoms with E-state index in [1.54, 1.807) is 0 Å². The van der Waals surface area contributed by atoms with Gasteiger partial charge in [0.05, 0.1) is 0 Å². The minimum absolute atomic E-state index is 1.95. The number of hydrogen-bond donors (Lipinski definition) is 0. The maximum Gasteiger partial charge on any atom is 0.867 e. The monoisotopic (exact) mass is 509 g/mol. The zero-order chi connectivity index (χ0) is 25.5. The first-order valence-corrected chi connectivity index (χ1v) is 7.93. The van der Waals surface area contributed by atoms with Crippen LogP contribution in [0.25, 0.3) is 0 Å². The Morgan fingerprint density at radius 2 is 0.588 bits per heavy atom. The van der Waals surface area contributed by atoms with E-state index in [0.717, 1.165) is 0 Å². The molecule has 0 bridgehead atoms. The lowest BCUT2D eigenvalue weighted by molar-refractivity contribution is 0.251. The molecule has 0 saturated heterocycles.